The largest absolute Gasteiger partial charge is 0.256 e. The lowest BCUT2D eigenvalue weighted by molar-refractivity contribution is 1.43. The fourth-order valence-corrected chi connectivity index (χ4v) is 8.68. The SMILES string of the molecule is c1cc(-c2ccc3c(-c4ccc5ccccc5c4)c4ccccc4c(-c4ccc5ccccc5c4)c3c2)cc(-c2cc3ccccc3c3ncccc23)c1. The summed E-state index contributed by atoms with van der Waals surface area (Å²) in [5, 5.41) is 13.5. The predicted molar refractivity (Wildman–Crippen MR) is 231 cm³/mol. The number of fused-ring (bicyclic) bond motifs is 7. The molecule has 0 saturated heterocycles. The molecule has 0 aliphatic rings. The first-order valence-electron chi connectivity index (χ1n) is 18.6. The second-order valence-corrected chi connectivity index (χ2v) is 14.3. The van der Waals surface area contributed by atoms with Crippen LogP contribution in [0, 0.1) is 0 Å². The number of hydrogen-bond donors (Lipinski definition) is 0. The molecule has 0 unspecified atom stereocenters. The van der Waals surface area contributed by atoms with Crippen LogP contribution in [-0.2, 0) is 0 Å². The lowest BCUT2D eigenvalue weighted by Crippen LogP contribution is -1.92. The van der Waals surface area contributed by atoms with E-state index in [9.17, 15) is 0 Å². The number of hydrogen-bond acceptors (Lipinski definition) is 1. The summed E-state index contributed by atoms with van der Waals surface area (Å²) in [6.45, 7) is 0. The normalized spacial score (nSPS) is 11.7. The van der Waals surface area contributed by atoms with Crippen molar-refractivity contribution in [3.63, 3.8) is 0 Å². The maximum absolute atomic E-state index is 4.84. The van der Waals surface area contributed by atoms with E-state index < -0.39 is 0 Å². The maximum atomic E-state index is 4.84. The monoisotopic (exact) mass is 683 g/mol. The Morgan fingerprint density at radius 3 is 1.48 bits per heavy atom. The van der Waals surface area contributed by atoms with Crippen molar-refractivity contribution in [1.29, 1.82) is 0 Å². The van der Waals surface area contributed by atoms with Gasteiger partial charge < -0.3 is 0 Å². The Morgan fingerprint density at radius 1 is 0.259 bits per heavy atom. The molecule has 0 spiro atoms. The zero-order chi connectivity index (χ0) is 35.6. The molecular formula is C53H33N. The summed E-state index contributed by atoms with van der Waals surface area (Å²) in [5.74, 6) is 0. The van der Waals surface area contributed by atoms with Crippen LogP contribution in [0.3, 0.4) is 0 Å². The molecule has 0 N–H and O–H groups in total. The van der Waals surface area contributed by atoms with Gasteiger partial charge in [0.2, 0.25) is 0 Å². The molecule has 0 amide bonds. The molecule has 1 aromatic heterocycles. The van der Waals surface area contributed by atoms with E-state index in [0.717, 1.165) is 10.9 Å². The zero-order valence-electron chi connectivity index (χ0n) is 29.5. The van der Waals surface area contributed by atoms with Crippen molar-refractivity contribution in [3.05, 3.63) is 200 Å². The van der Waals surface area contributed by atoms with Crippen molar-refractivity contribution in [1.82, 2.24) is 4.98 Å². The number of rotatable bonds is 4. The van der Waals surface area contributed by atoms with Crippen LogP contribution in [0.15, 0.2) is 200 Å². The highest BCUT2D eigenvalue weighted by atomic mass is 14.6. The lowest BCUT2D eigenvalue weighted by atomic mass is 9.84. The predicted octanol–water partition coefficient (Wildman–Crippen LogP) is 14.7. The van der Waals surface area contributed by atoms with E-state index in [1.165, 1.54) is 98.4 Å². The van der Waals surface area contributed by atoms with Gasteiger partial charge >= 0.3 is 0 Å². The molecular weight excluding hydrogens is 651 g/mol. The van der Waals surface area contributed by atoms with E-state index >= 15 is 0 Å². The molecule has 0 bridgehead atoms. The topological polar surface area (TPSA) is 12.9 Å². The molecule has 1 nitrogen and oxygen atoms in total. The number of benzene rings is 10. The van der Waals surface area contributed by atoms with Gasteiger partial charge in [0.15, 0.2) is 0 Å². The van der Waals surface area contributed by atoms with E-state index in [2.05, 4.69) is 188 Å². The van der Waals surface area contributed by atoms with Gasteiger partial charge in [-0.2, -0.15) is 0 Å². The average Bonchev–Trinajstić information content (AvgIpc) is 3.24. The van der Waals surface area contributed by atoms with Crippen molar-refractivity contribution in [2.24, 2.45) is 0 Å². The molecule has 54 heavy (non-hydrogen) atoms. The van der Waals surface area contributed by atoms with Gasteiger partial charge in [-0.3, -0.25) is 4.98 Å². The van der Waals surface area contributed by atoms with E-state index in [0.29, 0.717) is 0 Å². The smallest absolute Gasteiger partial charge is 0.0786 e. The van der Waals surface area contributed by atoms with Crippen molar-refractivity contribution >= 4 is 64.8 Å². The molecule has 0 radical (unpaired) electrons. The van der Waals surface area contributed by atoms with Gasteiger partial charge in [-0.05, 0) is 129 Å². The molecule has 0 fully saturated rings. The third-order valence-corrected chi connectivity index (χ3v) is 11.2. The standard InChI is InChI=1S/C53H33N/c1-3-13-36-30-42(24-22-34(36)11-1)51-45-19-7-8-20-46(45)52(43-25-23-35-12-2-4-14-37(35)31-43)50-32-39(26-27-47(50)51)38-16-9-17-40(29-38)49-33-41-15-5-6-18-44(41)53-48(49)21-10-28-54-53/h1-33H. The quantitative estimate of drug-likeness (QED) is 0.133. The van der Waals surface area contributed by atoms with Crippen molar-refractivity contribution in [3.8, 4) is 44.5 Å². The van der Waals surface area contributed by atoms with Crippen LogP contribution in [0.25, 0.3) is 109 Å². The first kappa shape index (κ1) is 30.5. The van der Waals surface area contributed by atoms with Gasteiger partial charge in [0, 0.05) is 17.0 Å². The van der Waals surface area contributed by atoms with Crippen LogP contribution in [0.1, 0.15) is 0 Å². The highest BCUT2D eigenvalue weighted by molar-refractivity contribution is 6.22. The summed E-state index contributed by atoms with van der Waals surface area (Å²) >= 11 is 0. The van der Waals surface area contributed by atoms with Crippen LogP contribution in [0.2, 0.25) is 0 Å². The molecule has 0 aliphatic heterocycles. The van der Waals surface area contributed by atoms with E-state index in [-0.39, 0.29) is 0 Å². The van der Waals surface area contributed by atoms with Crippen LogP contribution < -0.4 is 0 Å². The van der Waals surface area contributed by atoms with E-state index in [1.54, 1.807) is 0 Å². The van der Waals surface area contributed by atoms with Crippen molar-refractivity contribution < 1.29 is 0 Å². The second kappa shape index (κ2) is 12.3. The number of aromatic nitrogens is 1. The van der Waals surface area contributed by atoms with E-state index in [4.69, 9.17) is 4.98 Å². The summed E-state index contributed by atoms with van der Waals surface area (Å²) in [4.78, 5) is 4.84. The molecule has 0 saturated carbocycles. The first-order chi connectivity index (χ1) is 26.8. The molecule has 1 heteroatoms. The third kappa shape index (κ3) is 4.90. The molecule has 0 aliphatic carbocycles. The molecule has 11 aromatic rings. The highest BCUT2D eigenvalue weighted by Crippen LogP contribution is 2.46. The van der Waals surface area contributed by atoms with Gasteiger partial charge in [-0.15, -0.1) is 0 Å². The summed E-state index contributed by atoms with van der Waals surface area (Å²) < 4.78 is 0. The maximum Gasteiger partial charge on any atom is 0.0786 e. The van der Waals surface area contributed by atoms with Crippen molar-refractivity contribution in [2.45, 2.75) is 0 Å². The van der Waals surface area contributed by atoms with E-state index in [1.807, 2.05) is 12.3 Å². The zero-order valence-corrected chi connectivity index (χ0v) is 29.5. The third-order valence-electron chi connectivity index (χ3n) is 11.2. The number of nitrogens with zero attached hydrogens (tertiary/aromatic N) is 1. The Labute approximate surface area is 313 Å². The second-order valence-electron chi connectivity index (χ2n) is 14.3. The minimum Gasteiger partial charge on any atom is -0.256 e. The molecule has 10 aromatic carbocycles. The van der Waals surface area contributed by atoms with Gasteiger partial charge in [-0.25, -0.2) is 0 Å². The fourth-order valence-electron chi connectivity index (χ4n) is 8.68. The van der Waals surface area contributed by atoms with Crippen LogP contribution >= 0.6 is 0 Å². The molecule has 1 heterocycles. The fraction of sp³-hybridized carbons (Fsp3) is 0. The van der Waals surface area contributed by atoms with Gasteiger partial charge in [0.05, 0.1) is 5.52 Å². The minimum absolute atomic E-state index is 1.04. The molecule has 11 rings (SSSR count). The summed E-state index contributed by atoms with van der Waals surface area (Å²) in [6.07, 6.45) is 1.90. The average molecular weight is 684 g/mol. The Bertz CT molecular complexity index is 3280. The summed E-state index contributed by atoms with van der Waals surface area (Å²) in [6, 6.07) is 71.3. The van der Waals surface area contributed by atoms with Crippen LogP contribution in [-0.4, -0.2) is 4.98 Å². The Morgan fingerprint density at radius 2 is 0.778 bits per heavy atom. The summed E-state index contributed by atoms with van der Waals surface area (Å²) in [7, 11) is 0. The van der Waals surface area contributed by atoms with Gasteiger partial charge in [-0.1, -0.05) is 158 Å². The highest BCUT2D eigenvalue weighted by Gasteiger charge is 2.19. The van der Waals surface area contributed by atoms with Crippen molar-refractivity contribution in [2.75, 3.05) is 0 Å². The Balaban J connectivity index is 1.18. The molecule has 250 valence electrons. The minimum atomic E-state index is 1.04. The van der Waals surface area contributed by atoms with Gasteiger partial charge in [0.25, 0.3) is 0 Å². The number of pyridine rings is 1. The van der Waals surface area contributed by atoms with Gasteiger partial charge in [0.1, 0.15) is 0 Å². The first-order valence-corrected chi connectivity index (χ1v) is 18.6. The Hall–Kier alpha value is -7.09. The Kier molecular flexibility index (Phi) is 6.93. The molecule has 0 atom stereocenters. The summed E-state index contributed by atoms with van der Waals surface area (Å²) in [5.41, 5.74) is 10.8. The van der Waals surface area contributed by atoms with Crippen LogP contribution in [0.4, 0.5) is 0 Å². The van der Waals surface area contributed by atoms with Crippen LogP contribution in [0.5, 0.6) is 0 Å². The lowest BCUT2D eigenvalue weighted by Gasteiger charge is -2.19.